The molecule has 24 heavy (non-hydrogen) atoms. The number of nitro groups is 1. The molecule has 0 aliphatic rings. The normalized spacial score (nSPS) is 10.2. The molecule has 0 radical (unpaired) electrons. The number of hydrogen-bond acceptors (Lipinski definition) is 6. The predicted octanol–water partition coefficient (Wildman–Crippen LogP) is 3.32. The topological polar surface area (TPSA) is 98.5 Å². The minimum atomic E-state index is -0.701. The minimum Gasteiger partial charge on any atom is -0.462 e. The molecule has 1 heterocycles. The summed E-state index contributed by atoms with van der Waals surface area (Å²) < 4.78 is 4.87. The molecule has 1 amide bonds. The number of anilines is 1. The fourth-order valence-electron chi connectivity index (χ4n) is 1.98. The third kappa shape index (κ3) is 4.39. The Labute approximate surface area is 142 Å². The van der Waals surface area contributed by atoms with Gasteiger partial charge in [-0.1, -0.05) is 29.8 Å². The summed E-state index contributed by atoms with van der Waals surface area (Å²) in [4.78, 5) is 34.3. The lowest BCUT2D eigenvalue weighted by Crippen LogP contribution is -2.16. The first-order valence-corrected chi connectivity index (χ1v) is 8.03. The number of aryl methyl sites for hydroxylation is 1. The second kappa shape index (κ2) is 7.69. The van der Waals surface area contributed by atoms with Crippen molar-refractivity contribution in [2.24, 2.45) is 0 Å². The minimum absolute atomic E-state index is 0.00851. The number of rotatable bonds is 6. The molecule has 0 aliphatic carbocycles. The molecule has 1 aromatic carbocycles. The van der Waals surface area contributed by atoms with Crippen LogP contribution in [0.25, 0.3) is 0 Å². The molecule has 0 unspecified atom stereocenters. The van der Waals surface area contributed by atoms with Crippen molar-refractivity contribution in [3.63, 3.8) is 0 Å². The second-order valence-corrected chi connectivity index (χ2v) is 6.05. The van der Waals surface area contributed by atoms with Crippen LogP contribution in [-0.4, -0.2) is 23.4 Å². The molecule has 0 fully saturated rings. The van der Waals surface area contributed by atoms with Crippen LogP contribution in [0.15, 0.2) is 30.3 Å². The maximum atomic E-state index is 12.2. The summed E-state index contributed by atoms with van der Waals surface area (Å²) in [5.41, 5.74) is 1.88. The van der Waals surface area contributed by atoms with Crippen LogP contribution in [-0.2, 0) is 16.0 Å². The van der Waals surface area contributed by atoms with E-state index in [1.54, 1.807) is 6.92 Å². The molecule has 1 N–H and O–H groups in total. The molecule has 1 aromatic heterocycles. The summed E-state index contributed by atoms with van der Waals surface area (Å²) >= 11 is 0.731. The summed E-state index contributed by atoms with van der Waals surface area (Å²) in [7, 11) is 0. The summed E-state index contributed by atoms with van der Waals surface area (Å²) in [6, 6.07) is 8.56. The van der Waals surface area contributed by atoms with Crippen molar-refractivity contribution in [2.75, 3.05) is 11.9 Å². The molecule has 0 saturated carbocycles. The van der Waals surface area contributed by atoms with Crippen LogP contribution in [0.4, 0.5) is 10.0 Å². The van der Waals surface area contributed by atoms with E-state index < -0.39 is 10.9 Å². The van der Waals surface area contributed by atoms with E-state index in [1.165, 1.54) is 0 Å². The Morgan fingerprint density at radius 2 is 1.96 bits per heavy atom. The van der Waals surface area contributed by atoms with Gasteiger partial charge in [-0.05, 0) is 30.7 Å². The van der Waals surface area contributed by atoms with E-state index in [4.69, 9.17) is 4.74 Å². The van der Waals surface area contributed by atoms with Crippen molar-refractivity contribution in [1.29, 1.82) is 0 Å². The second-order valence-electron chi connectivity index (χ2n) is 5.02. The van der Waals surface area contributed by atoms with Gasteiger partial charge in [0.25, 0.3) is 0 Å². The van der Waals surface area contributed by atoms with Gasteiger partial charge in [0, 0.05) is 6.07 Å². The van der Waals surface area contributed by atoms with Crippen LogP contribution in [0, 0.1) is 17.0 Å². The molecular formula is C16H16N2O5S. The molecule has 7 nitrogen and oxygen atoms in total. The fraction of sp³-hybridized carbons (Fsp3) is 0.250. The average molecular weight is 348 g/mol. The van der Waals surface area contributed by atoms with E-state index in [9.17, 15) is 19.7 Å². The van der Waals surface area contributed by atoms with Gasteiger partial charge in [-0.25, -0.2) is 4.79 Å². The Hall–Kier alpha value is -2.74. The van der Waals surface area contributed by atoms with Gasteiger partial charge in [0.15, 0.2) is 0 Å². The highest BCUT2D eigenvalue weighted by molar-refractivity contribution is 7.19. The number of carbonyl (C=O) groups excluding carboxylic acids is 2. The van der Waals surface area contributed by atoms with Gasteiger partial charge in [0.05, 0.1) is 18.0 Å². The quantitative estimate of drug-likeness (QED) is 0.490. The lowest BCUT2D eigenvalue weighted by Gasteiger charge is -2.06. The van der Waals surface area contributed by atoms with Gasteiger partial charge >= 0.3 is 11.0 Å². The van der Waals surface area contributed by atoms with E-state index >= 15 is 0 Å². The summed E-state index contributed by atoms with van der Waals surface area (Å²) in [6.07, 6.45) is 0.105. The predicted molar refractivity (Wildman–Crippen MR) is 90.4 cm³/mol. The molecule has 0 bridgehead atoms. The largest absolute Gasteiger partial charge is 0.462 e. The molecule has 0 saturated heterocycles. The number of carbonyl (C=O) groups is 2. The standard InChI is InChI=1S/C16H16N2O5S/c1-3-23-16(20)12-9-14(18(21)22)24-15(12)17-13(19)8-11-6-4-10(2)5-7-11/h4-7,9H,3,8H2,1-2H3,(H,17,19). The van der Waals surface area contributed by atoms with Gasteiger partial charge in [0.2, 0.25) is 5.91 Å². The Bertz CT molecular complexity index is 767. The van der Waals surface area contributed by atoms with Gasteiger partial charge < -0.3 is 10.1 Å². The van der Waals surface area contributed by atoms with E-state index in [0.29, 0.717) is 0 Å². The maximum Gasteiger partial charge on any atom is 0.341 e. The van der Waals surface area contributed by atoms with Crippen LogP contribution in [0.2, 0.25) is 0 Å². The monoisotopic (exact) mass is 348 g/mol. The third-order valence-corrected chi connectivity index (χ3v) is 4.13. The molecule has 126 valence electrons. The Morgan fingerprint density at radius 3 is 2.54 bits per heavy atom. The van der Waals surface area contributed by atoms with Crippen molar-refractivity contribution in [2.45, 2.75) is 20.3 Å². The lowest BCUT2D eigenvalue weighted by atomic mass is 10.1. The highest BCUT2D eigenvalue weighted by Crippen LogP contribution is 2.34. The Balaban J connectivity index is 2.17. The van der Waals surface area contributed by atoms with E-state index in [1.807, 2.05) is 31.2 Å². The molecule has 0 aliphatic heterocycles. The highest BCUT2D eigenvalue weighted by atomic mass is 32.1. The number of hydrogen-bond donors (Lipinski definition) is 1. The number of nitrogens with zero attached hydrogens (tertiary/aromatic N) is 1. The zero-order chi connectivity index (χ0) is 17.7. The number of ether oxygens (including phenoxy) is 1. The van der Waals surface area contributed by atoms with Crippen molar-refractivity contribution in [1.82, 2.24) is 0 Å². The molecule has 0 atom stereocenters. The number of nitrogens with one attached hydrogen (secondary N) is 1. The van der Waals surface area contributed by atoms with Crippen LogP contribution < -0.4 is 5.32 Å². The zero-order valence-electron chi connectivity index (χ0n) is 13.2. The van der Waals surface area contributed by atoms with Crippen molar-refractivity contribution in [3.05, 3.63) is 57.1 Å². The summed E-state index contributed by atoms with van der Waals surface area (Å²) in [5.74, 6) is -1.06. The van der Waals surface area contributed by atoms with Crippen LogP contribution in [0.3, 0.4) is 0 Å². The molecule has 8 heteroatoms. The zero-order valence-corrected chi connectivity index (χ0v) is 14.0. The van der Waals surface area contributed by atoms with Crippen molar-refractivity contribution >= 4 is 33.2 Å². The molecule has 2 aromatic rings. The van der Waals surface area contributed by atoms with Gasteiger partial charge in [-0.15, -0.1) is 0 Å². The Morgan fingerprint density at radius 1 is 1.29 bits per heavy atom. The van der Waals surface area contributed by atoms with Crippen molar-refractivity contribution < 1.29 is 19.2 Å². The van der Waals surface area contributed by atoms with Gasteiger partial charge in [-0.2, -0.15) is 0 Å². The summed E-state index contributed by atoms with van der Waals surface area (Å²) in [5, 5.41) is 13.4. The van der Waals surface area contributed by atoms with E-state index in [0.717, 1.165) is 28.5 Å². The first kappa shape index (κ1) is 17.6. The average Bonchev–Trinajstić information content (AvgIpc) is 2.94. The maximum absolute atomic E-state index is 12.2. The first-order valence-electron chi connectivity index (χ1n) is 7.21. The first-order chi connectivity index (χ1) is 11.4. The number of amides is 1. The lowest BCUT2D eigenvalue weighted by molar-refractivity contribution is -0.380. The number of benzene rings is 1. The fourth-order valence-corrected chi connectivity index (χ4v) is 2.86. The smallest absolute Gasteiger partial charge is 0.341 e. The van der Waals surface area contributed by atoms with Gasteiger partial charge in [0.1, 0.15) is 10.6 Å². The number of esters is 1. The summed E-state index contributed by atoms with van der Waals surface area (Å²) in [6.45, 7) is 3.72. The molecule has 0 spiro atoms. The van der Waals surface area contributed by atoms with Gasteiger partial charge in [-0.3, -0.25) is 14.9 Å². The van der Waals surface area contributed by atoms with E-state index in [2.05, 4.69) is 5.32 Å². The molecular weight excluding hydrogens is 332 g/mol. The van der Waals surface area contributed by atoms with Crippen LogP contribution >= 0.6 is 11.3 Å². The van der Waals surface area contributed by atoms with Crippen LogP contribution in [0.5, 0.6) is 0 Å². The molecule has 2 rings (SSSR count). The van der Waals surface area contributed by atoms with Crippen molar-refractivity contribution in [3.8, 4) is 0 Å². The Kier molecular flexibility index (Phi) is 5.64. The van der Waals surface area contributed by atoms with Crippen LogP contribution in [0.1, 0.15) is 28.4 Å². The van der Waals surface area contributed by atoms with E-state index in [-0.39, 0.29) is 34.5 Å². The third-order valence-electron chi connectivity index (χ3n) is 3.13. The number of thiophene rings is 1. The SMILES string of the molecule is CCOC(=O)c1cc([N+](=O)[O-])sc1NC(=O)Cc1ccc(C)cc1. The highest BCUT2D eigenvalue weighted by Gasteiger charge is 2.24.